The van der Waals surface area contributed by atoms with Crippen molar-refractivity contribution in [2.75, 3.05) is 7.11 Å². The molecule has 2 nitrogen and oxygen atoms in total. The summed E-state index contributed by atoms with van der Waals surface area (Å²) in [5, 5.41) is 0.742. The summed E-state index contributed by atoms with van der Waals surface area (Å²) in [4.78, 5) is 10.8. The van der Waals surface area contributed by atoms with Gasteiger partial charge in [-0.25, -0.2) is 0 Å². The average molecular weight is 314 g/mol. The maximum atomic E-state index is 10.8. The smallest absolute Gasteiger partial charge is 0.156 e. The second-order valence-electron chi connectivity index (χ2n) is 3.83. The quantitative estimate of drug-likeness (QED) is 0.620. The summed E-state index contributed by atoms with van der Waals surface area (Å²) < 4.78 is 3.97. The van der Waals surface area contributed by atoms with E-state index >= 15 is 0 Å². The largest absolute Gasteiger partial charge is 0.494 e. The van der Waals surface area contributed by atoms with E-state index in [-0.39, 0.29) is 5.92 Å². The van der Waals surface area contributed by atoms with Crippen LogP contribution in [-0.2, 0) is 4.79 Å². The molecule has 2 rings (SSSR count). The van der Waals surface area contributed by atoms with Crippen molar-refractivity contribution >= 4 is 52.7 Å². The van der Waals surface area contributed by atoms with Gasteiger partial charge < -0.3 is 9.53 Å². The SMILES string of the molecule is COc1c(Cl)cc([C@@H]2[C@@H](C=O)C2(Cl)Cl)cc1Cl. The Morgan fingerprint density at radius 2 is 1.82 bits per heavy atom. The fraction of sp³-hybridized carbons (Fsp3) is 0.364. The lowest BCUT2D eigenvalue weighted by Crippen LogP contribution is -1.92. The van der Waals surface area contributed by atoms with E-state index in [2.05, 4.69) is 0 Å². The minimum absolute atomic E-state index is 0.274. The molecule has 17 heavy (non-hydrogen) atoms. The zero-order chi connectivity index (χ0) is 12.8. The van der Waals surface area contributed by atoms with Crippen molar-refractivity contribution in [1.82, 2.24) is 0 Å². The van der Waals surface area contributed by atoms with E-state index < -0.39 is 10.3 Å². The van der Waals surface area contributed by atoms with Crippen molar-refractivity contribution in [3.63, 3.8) is 0 Å². The monoisotopic (exact) mass is 312 g/mol. The minimum Gasteiger partial charge on any atom is -0.494 e. The molecule has 0 aromatic heterocycles. The van der Waals surface area contributed by atoms with E-state index in [1.807, 2.05) is 0 Å². The maximum Gasteiger partial charge on any atom is 0.156 e. The second-order valence-corrected chi connectivity index (χ2v) is 6.09. The summed E-state index contributed by atoms with van der Waals surface area (Å²) in [6.45, 7) is 0. The van der Waals surface area contributed by atoms with Gasteiger partial charge in [0.05, 0.1) is 23.1 Å². The van der Waals surface area contributed by atoms with Gasteiger partial charge in [-0.15, -0.1) is 23.2 Å². The molecule has 1 saturated carbocycles. The molecule has 0 N–H and O–H groups in total. The normalized spacial score (nSPS) is 25.5. The lowest BCUT2D eigenvalue weighted by molar-refractivity contribution is -0.108. The van der Waals surface area contributed by atoms with Crippen LogP contribution in [0.5, 0.6) is 5.75 Å². The molecule has 0 heterocycles. The number of carbonyl (C=O) groups is 1. The lowest BCUT2D eigenvalue weighted by atomic mass is 10.1. The maximum absolute atomic E-state index is 10.8. The van der Waals surface area contributed by atoms with E-state index in [4.69, 9.17) is 51.1 Å². The molecular weight excluding hydrogens is 306 g/mol. The van der Waals surface area contributed by atoms with E-state index in [0.717, 1.165) is 11.8 Å². The molecule has 0 bridgehead atoms. The Kier molecular flexibility index (Phi) is 3.52. The van der Waals surface area contributed by atoms with Gasteiger partial charge in [0, 0.05) is 5.92 Å². The predicted molar refractivity (Wildman–Crippen MR) is 69.7 cm³/mol. The van der Waals surface area contributed by atoms with Gasteiger partial charge in [0.15, 0.2) is 5.75 Å². The Morgan fingerprint density at radius 3 is 2.18 bits per heavy atom. The summed E-state index contributed by atoms with van der Waals surface area (Å²) >= 11 is 24.0. The molecule has 1 aromatic rings. The number of benzene rings is 1. The Morgan fingerprint density at radius 1 is 1.29 bits per heavy atom. The third-order valence-electron chi connectivity index (χ3n) is 2.84. The number of ether oxygens (including phenoxy) is 1. The third-order valence-corrected chi connectivity index (χ3v) is 4.38. The first-order valence-corrected chi connectivity index (χ1v) is 6.30. The highest BCUT2D eigenvalue weighted by molar-refractivity contribution is 6.53. The van der Waals surface area contributed by atoms with Gasteiger partial charge in [-0.2, -0.15) is 0 Å². The molecule has 92 valence electrons. The fourth-order valence-electron chi connectivity index (χ4n) is 1.90. The molecule has 0 aliphatic heterocycles. The van der Waals surface area contributed by atoms with Crippen LogP contribution in [0.1, 0.15) is 11.5 Å². The van der Waals surface area contributed by atoms with Crippen molar-refractivity contribution in [2.45, 2.75) is 10.3 Å². The van der Waals surface area contributed by atoms with Crippen LogP contribution >= 0.6 is 46.4 Å². The van der Waals surface area contributed by atoms with Gasteiger partial charge in [0.25, 0.3) is 0 Å². The van der Waals surface area contributed by atoms with Gasteiger partial charge in [-0.1, -0.05) is 23.2 Å². The summed E-state index contributed by atoms with van der Waals surface area (Å²) in [6.07, 6.45) is 0.747. The fourth-order valence-corrected chi connectivity index (χ4v) is 3.31. The topological polar surface area (TPSA) is 26.3 Å². The number of hydrogen-bond donors (Lipinski definition) is 0. The van der Waals surface area contributed by atoms with Crippen molar-refractivity contribution in [1.29, 1.82) is 0 Å². The van der Waals surface area contributed by atoms with Crippen LogP contribution in [0.25, 0.3) is 0 Å². The Labute approximate surface area is 119 Å². The van der Waals surface area contributed by atoms with E-state index in [0.29, 0.717) is 15.8 Å². The molecule has 0 unspecified atom stereocenters. The molecule has 0 radical (unpaired) electrons. The highest BCUT2D eigenvalue weighted by Gasteiger charge is 2.64. The predicted octanol–water partition coefficient (Wildman–Crippen LogP) is 4.09. The third kappa shape index (κ3) is 2.12. The summed E-state index contributed by atoms with van der Waals surface area (Å²) in [5.41, 5.74) is 0.739. The van der Waals surface area contributed by atoms with Crippen molar-refractivity contribution in [3.8, 4) is 5.75 Å². The van der Waals surface area contributed by atoms with Gasteiger partial charge in [0.1, 0.15) is 10.6 Å². The highest BCUT2D eigenvalue weighted by atomic mass is 35.5. The van der Waals surface area contributed by atoms with E-state index in [1.54, 1.807) is 12.1 Å². The van der Waals surface area contributed by atoms with Crippen LogP contribution in [0.15, 0.2) is 12.1 Å². The van der Waals surface area contributed by atoms with E-state index in [9.17, 15) is 4.79 Å². The van der Waals surface area contributed by atoms with Gasteiger partial charge in [0.2, 0.25) is 0 Å². The minimum atomic E-state index is -1.07. The molecule has 1 aliphatic rings. The first kappa shape index (κ1) is 13.3. The van der Waals surface area contributed by atoms with Crippen LogP contribution in [0.3, 0.4) is 0 Å². The molecule has 6 heteroatoms. The molecule has 2 atom stereocenters. The highest BCUT2D eigenvalue weighted by Crippen LogP contribution is 2.64. The van der Waals surface area contributed by atoms with Crippen LogP contribution in [0.4, 0.5) is 0 Å². The van der Waals surface area contributed by atoms with Crippen LogP contribution in [0, 0.1) is 5.92 Å². The summed E-state index contributed by atoms with van der Waals surface area (Å²) in [5.74, 6) is -0.300. The first-order chi connectivity index (χ1) is 7.93. The number of carbonyl (C=O) groups excluding carboxylic acids is 1. The molecule has 1 aliphatic carbocycles. The lowest BCUT2D eigenvalue weighted by Gasteiger charge is -2.08. The summed E-state index contributed by atoms with van der Waals surface area (Å²) in [6, 6.07) is 3.33. The van der Waals surface area contributed by atoms with Crippen LogP contribution in [-0.4, -0.2) is 17.7 Å². The number of aldehydes is 1. The molecule has 0 amide bonds. The molecule has 0 spiro atoms. The molecule has 1 fully saturated rings. The average Bonchev–Trinajstić information content (AvgIpc) is 2.79. The molecule has 0 saturated heterocycles. The number of methoxy groups -OCH3 is 1. The number of halogens is 4. The van der Waals surface area contributed by atoms with Crippen LogP contribution < -0.4 is 4.74 Å². The first-order valence-electron chi connectivity index (χ1n) is 4.79. The zero-order valence-corrected chi connectivity index (χ0v) is 11.7. The van der Waals surface area contributed by atoms with Gasteiger partial charge in [-0.3, -0.25) is 0 Å². The van der Waals surface area contributed by atoms with E-state index in [1.165, 1.54) is 7.11 Å². The Bertz CT molecular complexity index is 450. The molecular formula is C11H8Cl4O2. The van der Waals surface area contributed by atoms with Crippen molar-refractivity contribution < 1.29 is 9.53 Å². The Balaban J connectivity index is 2.40. The summed E-state index contributed by atoms with van der Waals surface area (Å²) in [7, 11) is 1.48. The number of alkyl halides is 2. The second kappa shape index (κ2) is 4.51. The zero-order valence-electron chi connectivity index (χ0n) is 8.72. The van der Waals surface area contributed by atoms with Crippen molar-refractivity contribution in [2.24, 2.45) is 5.92 Å². The number of rotatable bonds is 3. The molecule has 1 aromatic carbocycles. The van der Waals surface area contributed by atoms with Crippen LogP contribution in [0.2, 0.25) is 10.0 Å². The van der Waals surface area contributed by atoms with Gasteiger partial charge in [-0.05, 0) is 17.7 Å². The number of hydrogen-bond acceptors (Lipinski definition) is 2. The standard InChI is InChI=1S/C11H8Cl4O2/c1-17-10-7(12)2-5(3-8(10)13)9-6(4-16)11(9,14)15/h2-4,6,9H,1H3/t6-,9-/m1/s1. The Hall–Kier alpha value is -0.150. The van der Waals surface area contributed by atoms with Gasteiger partial charge >= 0.3 is 0 Å². The van der Waals surface area contributed by atoms with Crippen molar-refractivity contribution in [3.05, 3.63) is 27.7 Å².